The molecule has 0 aromatic heterocycles. The molecule has 4 rings (SSSR count). The van der Waals surface area contributed by atoms with E-state index in [9.17, 15) is 10.1 Å². The van der Waals surface area contributed by atoms with Crippen molar-refractivity contribution >= 4 is 33.6 Å². The van der Waals surface area contributed by atoms with Gasteiger partial charge in [0.15, 0.2) is 0 Å². The van der Waals surface area contributed by atoms with Crippen LogP contribution in [-0.2, 0) is 18.0 Å². The first-order chi connectivity index (χ1) is 17.6. The van der Waals surface area contributed by atoms with Crippen LogP contribution in [0.15, 0.2) is 113 Å². The predicted molar refractivity (Wildman–Crippen MR) is 144 cm³/mol. The third-order valence-corrected chi connectivity index (χ3v) is 6.06. The number of ether oxygens (including phenoxy) is 2. The fourth-order valence-corrected chi connectivity index (χ4v) is 3.78. The molecule has 0 fully saturated rings. The quantitative estimate of drug-likeness (QED) is 0.181. The van der Waals surface area contributed by atoms with E-state index in [1.165, 1.54) is 6.08 Å². The molecule has 6 heteroatoms. The molecule has 0 atom stereocenters. The number of anilines is 1. The van der Waals surface area contributed by atoms with Crippen molar-refractivity contribution in [1.29, 1.82) is 5.26 Å². The van der Waals surface area contributed by atoms with E-state index < -0.39 is 5.91 Å². The number of carbonyl (C=O) groups excluding carboxylic acids is 1. The molecule has 178 valence electrons. The maximum Gasteiger partial charge on any atom is 0.266 e. The Bertz CT molecular complexity index is 1390. The minimum atomic E-state index is -0.504. The summed E-state index contributed by atoms with van der Waals surface area (Å²) in [5.74, 6) is 0.758. The zero-order chi connectivity index (χ0) is 25.2. The van der Waals surface area contributed by atoms with Crippen molar-refractivity contribution in [1.82, 2.24) is 0 Å². The molecule has 0 saturated carbocycles. The number of benzene rings is 4. The number of hydrogen-bond donors (Lipinski definition) is 1. The molecule has 0 heterocycles. The third-order valence-electron chi connectivity index (χ3n) is 5.29. The van der Waals surface area contributed by atoms with Gasteiger partial charge < -0.3 is 14.8 Å². The van der Waals surface area contributed by atoms with Crippen molar-refractivity contribution in [2.75, 3.05) is 5.32 Å². The van der Waals surface area contributed by atoms with Gasteiger partial charge in [-0.2, -0.15) is 5.26 Å². The molecular formula is C30H23BrN2O3. The van der Waals surface area contributed by atoms with Crippen LogP contribution in [-0.4, -0.2) is 5.91 Å². The van der Waals surface area contributed by atoms with Gasteiger partial charge in [0.05, 0.1) is 0 Å². The third kappa shape index (κ3) is 6.84. The van der Waals surface area contributed by atoms with Gasteiger partial charge in [0, 0.05) is 21.3 Å². The highest BCUT2D eigenvalue weighted by Crippen LogP contribution is 2.25. The second-order valence-electron chi connectivity index (χ2n) is 7.84. The Morgan fingerprint density at radius 2 is 1.53 bits per heavy atom. The standard InChI is InChI=1S/C30H23BrN2O3/c31-28-12-6-4-11-24(28)21-36-29-13-7-5-10-23(29)18-25(19-32)30(34)33-26-14-16-27(17-15-26)35-20-22-8-2-1-3-9-22/h1-18H,20-21H2,(H,33,34)/b25-18+. The van der Waals surface area contributed by atoms with Crippen LogP contribution in [0.5, 0.6) is 11.5 Å². The molecular weight excluding hydrogens is 516 g/mol. The van der Waals surface area contributed by atoms with Gasteiger partial charge in [0.1, 0.15) is 36.4 Å². The highest BCUT2D eigenvalue weighted by atomic mass is 79.9. The van der Waals surface area contributed by atoms with Crippen LogP contribution < -0.4 is 14.8 Å². The van der Waals surface area contributed by atoms with Gasteiger partial charge >= 0.3 is 0 Å². The first kappa shape index (κ1) is 24.8. The van der Waals surface area contributed by atoms with Gasteiger partial charge in [0.25, 0.3) is 5.91 Å². The fourth-order valence-electron chi connectivity index (χ4n) is 3.38. The smallest absolute Gasteiger partial charge is 0.266 e. The summed E-state index contributed by atoms with van der Waals surface area (Å²) in [5.41, 5.74) is 3.23. The lowest BCUT2D eigenvalue weighted by atomic mass is 10.1. The lowest BCUT2D eigenvalue weighted by molar-refractivity contribution is -0.112. The highest BCUT2D eigenvalue weighted by molar-refractivity contribution is 9.10. The molecule has 0 spiro atoms. The van der Waals surface area contributed by atoms with Gasteiger partial charge in [-0.3, -0.25) is 4.79 Å². The minimum Gasteiger partial charge on any atom is -0.489 e. The van der Waals surface area contributed by atoms with Gasteiger partial charge in [-0.15, -0.1) is 0 Å². The Balaban J connectivity index is 1.41. The van der Waals surface area contributed by atoms with Gasteiger partial charge in [0.2, 0.25) is 0 Å². The minimum absolute atomic E-state index is 0.0312. The van der Waals surface area contributed by atoms with Crippen LogP contribution in [0, 0.1) is 11.3 Å². The first-order valence-electron chi connectivity index (χ1n) is 11.3. The monoisotopic (exact) mass is 538 g/mol. The molecule has 0 bridgehead atoms. The molecule has 4 aromatic rings. The molecule has 4 aromatic carbocycles. The van der Waals surface area contributed by atoms with Crippen molar-refractivity contribution in [2.24, 2.45) is 0 Å². The van der Waals surface area contributed by atoms with Crippen molar-refractivity contribution in [3.05, 3.63) is 130 Å². The number of carbonyl (C=O) groups is 1. The molecule has 0 saturated heterocycles. The average Bonchev–Trinajstić information content (AvgIpc) is 2.92. The molecule has 0 aliphatic heterocycles. The van der Waals surface area contributed by atoms with E-state index >= 15 is 0 Å². The summed E-state index contributed by atoms with van der Waals surface area (Å²) < 4.78 is 12.7. The van der Waals surface area contributed by atoms with Gasteiger partial charge in [-0.25, -0.2) is 0 Å². The number of amides is 1. The number of nitriles is 1. The van der Waals surface area contributed by atoms with Crippen molar-refractivity contribution in [3.8, 4) is 17.6 Å². The number of hydrogen-bond acceptors (Lipinski definition) is 4. The maximum absolute atomic E-state index is 12.8. The van der Waals surface area contributed by atoms with E-state index in [0.29, 0.717) is 36.0 Å². The average molecular weight is 539 g/mol. The zero-order valence-corrected chi connectivity index (χ0v) is 20.9. The molecule has 36 heavy (non-hydrogen) atoms. The van der Waals surface area contributed by atoms with E-state index in [0.717, 1.165) is 15.6 Å². The molecule has 1 N–H and O–H groups in total. The summed E-state index contributed by atoms with van der Waals surface area (Å²) in [6.45, 7) is 0.801. The SMILES string of the molecule is N#C/C(=C\c1ccccc1OCc1ccccc1Br)C(=O)Nc1ccc(OCc2ccccc2)cc1. The number of halogens is 1. The van der Waals surface area contributed by atoms with Gasteiger partial charge in [-0.05, 0) is 48.0 Å². The zero-order valence-electron chi connectivity index (χ0n) is 19.4. The van der Waals surface area contributed by atoms with Crippen LogP contribution >= 0.6 is 15.9 Å². The van der Waals surface area contributed by atoms with Crippen LogP contribution in [0.2, 0.25) is 0 Å². The highest BCUT2D eigenvalue weighted by Gasteiger charge is 2.12. The summed E-state index contributed by atoms with van der Waals surface area (Å²) in [6, 6.07) is 34.0. The van der Waals surface area contributed by atoms with Crippen molar-refractivity contribution < 1.29 is 14.3 Å². The fraction of sp³-hybridized carbons (Fsp3) is 0.0667. The molecule has 0 aliphatic rings. The van der Waals surface area contributed by atoms with E-state index in [2.05, 4.69) is 21.2 Å². The number of nitrogens with zero attached hydrogens (tertiary/aromatic N) is 1. The number of rotatable bonds is 9. The Morgan fingerprint density at radius 1 is 0.833 bits per heavy atom. The maximum atomic E-state index is 12.8. The molecule has 1 amide bonds. The van der Waals surface area contributed by atoms with E-state index in [1.54, 1.807) is 30.3 Å². The largest absolute Gasteiger partial charge is 0.489 e. The van der Waals surface area contributed by atoms with E-state index in [-0.39, 0.29) is 5.57 Å². The molecule has 5 nitrogen and oxygen atoms in total. The second kappa shape index (κ2) is 12.4. The first-order valence-corrected chi connectivity index (χ1v) is 12.1. The Labute approximate surface area is 218 Å². The van der Waals surface area contributed by atoms with E-state index in [1.807, 2.05) is 78.9 Å². The van der Waals surface area contributed by atoms with Crippen LogP contribution in [0.3, 0.4) is 0 Å². The Kier molecular flexibility index (Phi) is 8.53. The summed E-state index contributed by atoms with van der Waals surface area (Å²) in [6.07, 6.45) is 1.53. The topological polar surface area (TPSA) is 71.3 Å². The Hall–Kier alpha value is -4.34. The van der Waals surface area contributed by atoms with Crippen LogP contribution in [0.1, 0.15) is 16.7 Å². The summed E-state index contributed by atoms with van der Waals surface area (Å²) in [7, 11) is 0. The van der Waals surface area contributed by atoms with Crippen molar-refractivity contribution in [2.45, 2.75) is 13.2 Å². The number of para-hydroxylation sites is 1. The van der Waals surface area contributed by atoms with Crippen LogP contribution in [0.4, 0.5) is 5.69 Å². The summed E-state index contributed by atoms with van der Waals surface area (Å²) >= 11 is 3.52. The second-order valence-corrected chi connectivity index (χ2v) is 8.69. The normalized spacial score (nSPS) is 10.8. The van der Waals surface area contributed by atoms with E-state index in [4.69, 9.17) is 9.47 Å². The lowest BCUT2D eigenvalue weighted by Crippen LogP contribution is -2.13. The summed E-state index contributed by atoms with van der Waals surface area (Å²) in [5, 5.41) is 12.4. The molecule has 0 radical (unpaired) electrons. The molecule has 0 unspecified atom stereocenters. The predicted octanol–water partition coefficient (Wildman–Crippen LogP) is 7.15. The lowest BCUT2D eigenvalue weighted by Gasteiger charge is -2.11. The Morgan fingerprint density at radius 3 is 2.28 bits per heavy atom. The molecule has 0 aliphatic carbocycles. The van der Waals surface area contributed by atoms with Gasteiger partial charge in [-0.1, -0.05) is 82.7 Å². The van der Waals surface area contributed by atoms with Crippen molar-refractivity contribution in [3.63, 3.8) is 0 Å². The number of nitrogens with one attached hydrogen (secondary N) is 1. The van der Waals surface area contributed by atoms with Crippen LogP contribution in [0.25, 0.3) is 6.08 Å². The summed E-state index contributed by atoms with van der Waals surface area (Å²) in [4.78, 5) is 12.8.